The van der Waals surface area contributed by atoms with Gasteiger partial charge in [-0.1, -0.05) is 0 Å². The topological polar surface area (TPSA) is 15.3 Å². The van der Waals surface area contributed by atoms with Gasteiger partial charge in [0.2, 0.25) is 0 Å². The highest BCUT2D eigenvalue weighted by Gasteiger charge is 2.24. The molecule has 2 rings (SSSR count). The van der Waals surface area contributed by atoms with Crippen LogP contribution in [0.4, 0.5) is 0 Å². The summed E-state index contributed by atoms with van der Waals surface area (Å²) in [7, 11) is 0. The SMILES string of the molecule is CC1NCCN(Cc2ccc(Br)s2)C1C.Cl. The number of nitrogens with zero attached hydrogens (tertiary/aromatic N) is 1. The Morgan fingerprint density at radius 2 is 2.25 bits per heavy atom. The van der Waals surface area contributed by atoms with Crippen LogP contribution in [-0.4, -0.2) is 30.1 Å². The minimum atomic E-state index is 0. The van der Waals surface area contributed by atoms with Crippen LogP contribution in [0.2, 0.25) is 0 Å². The van der Waals surface area contributed by atoms with Crippen LogP contribution in [0.15, 0.2) is 15.9 Å². The van der Waals surface area contributed by atoms with Crippen molar-refractivity contribution in [2.24, 2.45) is 0 Å². The lowest BCUT2D eigenvalue weighted by Gasteiger charge is -2.38. The Kier molecular flexibility index (Phi) is 5.74. The summed E-state index contributed by atoms with van der Waals surface area (Å²) >= 11 is 5.35. The zero-order valence-corrected chi connectivity index (χ0v) is 12.8. The molecular weight excluding hydrogens is 308 g/mol. The zero-order chi connectivity index (χ0) is 10.8. The van der Waals surface area contributed by atoms with Crippen molar-refractivity contribution in [1.29, 1.82) is 0 Å². The predicted octanol–water partition coefficient (Wildman–Crippen LogP) is 3.11. The molecule has 1 aromatic rings. The standard InChI is InChI=1S/C11H17BrN2S.ClH/c1-8-9(2)14(6-5-13-8)7-10-3-4-11(12)15-10;/h3-4,8-9,13H,5-7H2,1-2H3;1H. The van der Waals surface area contributed by atoms with Gasteiger partial charge in [0, 0.05) is 36.6 Å². The molecule has 0 amide bonds. The minimum Gasteiger partial charge on any atom is -0.311 e. The van der Waals surface area contributed by atoms with Gasteiger partial charge in [0.15, 0.2) is 0 Å². The van der Waals surface area contributed by atoms with Gasteiger partial charge in [-0.3, -0.25) is 4.90 Å². The van der Waals surface area contributed by atoms with E-state index in [1.807, 2.05) is 11.3 Å². The van der Waals surface area contributed by atoms with Gasteiger partial charge in [-0.05, 0) is 41.9 Å². The lowest BCUT2D eigenvalue weighted by Crippen LogP contribution is -2.54. The zero-order valence-electron chi connectivity index (χ0n) is 9.57. The van der Waals surface area contributed by atoms with Crippen molar-refractivity contribution in [2.45, 2.75) is 32.5 Å². The summed E-state index contributed by atoms with van der Waals surface area (Å²) in [5, 5.41) is 3.51. The first-order chi connectivity index (χ1) is 7.16. The maximum Gasteiger partial charge on any atom is 0.0701 e. The van der Waals surface area contributed by atoms with E-state index in [0.29, 0.717) is 12.1 Å². The van der Waals surface area contributed by atoms with Gasteiger partial charge in [-0.15, -0.1) is 23.7 Å². The number of hydrogen-bond donors (Lipinski definition) is 1. The molecule has 0 spiro atoms. The van der Waals surface area contributed by atoms with Gasteiger partial charge in [-0.2, -0.15) is 0 Å². The van der Waals surface area contributed by atoms with Crippen molar-refractivity contribution in [3.05, 3.63) is 20.8 Å². The predicted molar refractivity (Wildman–Crippen MR) is 76.6 cm³/mol. The van der Waals surface area contributed by atoms with Gasteiger partial charge in [-0.25, -0.2) is 0 Å². The first kappa shape index (κ1) is 14.5. The highest BCUT2D eigenvalue weighted by Crippen LogP contribution is 2.24. The molecule has 2 unspecified atom stereocenters. The highest BCUT2D eigenvalue weighted by molar-refractivity contribution is 9.11. The molecule has 2 atom stereocenters. The van der Waals surface area contributed by atoms with Gasteiger partial charge in [0.05, 0.1) is 3.79 Å². The third kappa shape index (κ3) is 3.44. The Bertz CT molecular complexity index is 332. The Morgan fingerprint density at radius 3 is 2.88 bits per heavy atom. The first-order valence-electron chi connectivity index (χ1n) is 5.38. The van der Waals surface area contributed by atoms with E-state index in [2.05, 4.69) is 52.1 Å². The van der Waals surface area contributed by atoms with Crippen LogP contribution < -0.4 is 5.32 Å². The molecule has 0 aromatic carbocycles. The molecule has 92 valence electrons. The molecule has 1 fully saturated rings. The summed E-state index contributed by atoms with van der Waals surface area (Å²) in [6, 6.07) is 5.58. The van der Waals surface area contributed by atoms with Crippen LogP contribution in [0.3, 0.4) is 0 Å². The molecule has 16 heavy (non-hydrogen) atoms. The Balaban J connectivity index is 0.00000128. The molecule has 0 saturated carbocycles. The third-order valence-corrected chi connectivity index (χ3v) is 4.76. The van der Waals surface area contributed by atoms with Gasteiger partial charge >= 0.3 is 0 Å². The molecular formula is C11H18BrClN2S. The normalized spacial score (nSPS) is 26.4. The molecule has 0 bridgehead atoms. The summed E-state index contributed by atoms with van der Waals surface area (Å²) in [4.78, 5) is 4.00. The second kappa shape index (κ2) is 6.36. The van der Waals surface area contributed by atoms with E-state index in [0.717, 1.165) is 19.6 Å². The molecule has 0 radical (unpaired) electrons. The lowest BCUT2D eigenvalue weighted by molar-refractivity contribution is 0.132. The number of piperazine rings is 1. The molecule has 2 heterocycles. The summed E-state index contributed by atoms with van der Waals surface area (Å²) in [5.74, 6) is 0. The van der Waals surface area contributed by atoms with Crippen LogP contribution in [0.1, 0.15) is 18.7 Å². The largest absolute Gasteiger partial charge is 0.311 e. The third-order valence-electron chi connectivity index (χ3n) is 3.15. The Hall–Kier alpha value is 0.390. The minimum absolute atomic E-state index is 0. The van der Waals surface area contributed by atoms with Crippen molar-refractivity contribution >= 4 is 39.7 Å². The van der Waals surface area contributed by atoms with Crippen molar-refractivity contribution in [3.8, 4) is 0 Å². The average Bonchev–Trinajstić information content (AvgIpc) is 2.59. The smallest absolute Gasteiger partial charge is 0.0701 e. The van der Waals surface area contributed by atoms with Crippen LogP contribution >= 0.6 is 39.7 Å². The molecule has 1 saturated heterocycles. The summed E-state index contributed by atoms with van der Waals surface area (Å²) < 4.78 is 1.23. The number of thiophene rings is 1. The molecule has 0 aliphatic carbocycles. The summed E-state index contributed by atoms with van der Waals surface area (Å²) in [5.41, 5.74) is 0. The van der Waals surface area contributed by atoms with E-state index >= 15 is 0 Å². The van der Waals surface area contributed by atoms with Gasteiger partial charge in [0.25, 0.3) is 0 Å². The fourth-order valence-electron chi connectivity index (χ4n) is 1.99. The molecule has 1 N–H and O–H groups in total. The van der Waals surface area contributed by atoms with Crippen LogP contribution in [0, 0.1) is 0 Å². The van der Waals surface area contributed by atoms with Gasteiger partial charge < -0.3 is 5.32 Å². The fourth-order valence-corrected chi connectivity index (χ4v) is 3.50. The number of hydrogen-bond acceptors (Lipinski definition) is 3. The Labute approximate surface area is 116 Å². The number of rotatable bonds is 2. The Morgan fingerprint density at radius 1 is 1.50 bits per heavy atom. The average molecular weight is 326 g/mol. The monoisotopic (exact) mass is 324 g/mol. The second-order valence-corrected chi connectivity index (χ2v) is 6.71. The molecule has 1 aromatic heterocycles. The van der Waals surface area contributed by atoms with E-state index in [-0.39, 0.29) is 12.4 Å². The van der Waals surface area contributed by atoms with Crippen LogP contribution in [-0.2, 0) is 6.54 Å². The molecule has 1 aliphatic rings. The maximum atomic E-state index is 3.51. The van der Waals surface area contributed by atoms with Crippen LogP contribution in [0.25, 0.3) is 0 Å². The lowest BCUT2D eigenvalue weighted by atomic mass is 10.1. The molecule has 2 nitrogen and oxygen atoms in total. The van der Waals surface area contributed by atoms with Crippen molar-refractivity contribution in [1.82, 2.24) is 10.2 Å². The fraction of sp³-hybridized carbons (Fsp3) is 0.636. The van der Waals surface area contributed by atoms with Crippen molar-refractivity contribution < 1.29 is 0 Å². The summed E-state index contributed by atoms with van der Waals surface area (Å²) in [6.07, 6.45) is 0. The molecule has 5 heteroatoms. The van der Waals surface area contributed by atoms with Crippen LogP contribution in [0.5, 0.6) is 0 Å². The second-order valence-electron chi connectivity index (χ2n) is 4.16. The van der Waals surface area contributed by atoms with Crippen molar-refractivity contribution in [2.75, 3.05) is 13.1 Å². The van der Waals surface area contributed by atoms with E-state index in [1.165, 1.54) is 8.66 Å². The quantitative estimate of drug-likeness (QED) is 0.899. The van der Waals surface area contributed by atoms with Gasteiger partial charge in [0.1, 0.15) is 0 Å². The number of halogens is 2. The van der Waals surface area contributed by atoms with E-state index in [1.54, 1.807) is 0 Å². The van der Waals surface area contributed by atoms with E-state index in [9.17, 15) is 0 Å². The first-order valence-corrected chi connectivity index (χ1v) is 6.99. The highest BCUT2D eigenvalue weighted by atomic mass is 79.9. The maximum absolute atomic E-state index is 3.51. The van der Waals surface area contributed by atoms with Crippen molar-refractivity contribution in [3.63, 3.8) is 0 Å². The molecule has 1 aliphatic heterocycles. The summed E-state index contributed by atoms with van der Waals surface area (Å²) in [6.45, 7) is 7.92. The number of nitrogens with one attached hydrogen (secondary N) is 1. The van der Waals surface area contributed by atoms with E-state index in [4.69, 9.17) is 0 Å². The van der Waals surface area contributed by atoms with E-state index < -0.39 is 0 Å².